The molecule has 2 saturated heterocycles. The summed E-state index contributed by atoms with van der Waals surface area (Å²) < 4.78 is 83.8. The van der Waals surface area contributed by atoms with Gasteiger partial charge in [0.2, 0.25) is 11.4 Å². The molecule has 2 aliphatic rings. The highest BCUT2D eigenvalue weighted by Crippen LogP contribution is 2.40. The second-order valence-corrected chi connectivity index (χ2v) is 6.73. The second-order valence-electron chi connectivity index (χ2n) is 5.65. The second kappa shape index (κ2) is 6.90. The van der Waals surface area contributed by atoms with Gasteiger partial charge < -0.3 is 18.7 Å². The van der Waals surface area contributed by atoms with Crippen LogP contribution in [0.5, 0.6) is 0 Å². The quantitative estimate of drug-likeness (QED) is 0.540. The third-order valence-electron chi connectivity index (χ3n) is 3.86. The van der Waals surface area contributed by atoms with Gasteiger partial charge in [-0.05, 0) is 17.8 Å². The molecule has 0 unspecified atom stereocenters. The van der Waals surface area contributed by atoms with Gasteiger partial charge in [-0.1, -0.05) is 5.16 Å². The van der Waals surface area contributed by atoms with Crippen molar-refractivity contribution in [2.75, 3.05) is 24.7 Å². The number of ether oxygens (including phenoxy) is 3. The molecule has 2 aliphatic heterocycles. The molecule has 0 N–H and O–H groups in total. The molecule has 0 radical (unpaired) electrons. The maximum atomic E-state index is 14.4. The van der Waals surface area contributed by atoms with E-state index in [0.29, 0.717) is 18.0 Å². The minimum Gasteiger partial charge on any atom is -0.413 e. The summed E-state index contributed by atoms with van der Waals surface area (Å²) in [5.41, 5.74) is -0.793. The molecule has 0 aliphatic carbocycles. The van der Waals surface area contributed by atoms with E-state index in [-0.39, 0.29) is 41.4 Å². The van der Waals surface area contributed by atoms with E-state index in [9.17, 15) is 26.7 Å². The smallest absolute Gasteiger partial charge is 0.413 e. The normalized spacial score (nSPS) is 20.1. The Morgan fingerprint density at radius 3 is 2.64 bits per heavy atom. The Morgan fingerprint density at radius 2 is 1.96 bits per heavy atom. The van der Waals surface area contributed by atoms with Crippen LogP contribution in [0.1, 0.15) is 11.9 Å². The molecule has 7 nitrogen and oxygen atoms in total. The van der Waals surface area contributed by atoms with Crippen molar-refractivity contribution in [1.29, 1.82) is 0 Å². The number of hydrogen-bond donors (Lipinski definition) is 0. The van der Waals surface area contributed by atoms with Crippen LogP contribution in [-0.4, -0.2) is 36.5 Å². The number of rotatable bonds is 3. The first-order valence-corrected chi connectivity index (χ1v) is 8.49. The molecule has 4 rings (SSSR count). The first-order valence-electron chi connectivity index (χ1n) is 7.68. The maximum Gasteiger partial charge on any atom is 0.572 e. The van der Waals surface area contributed by atoms with Crippen molar-refractivity contribution in [2.45, 2.75) is 12.7 Å². The van der Waals surface area contributed by atoms with E-state index in [1.54, 1.807) is 0 Å². The summed E-state index contributed by atoms with van der Waals surface area (Å²) >= 11 is 0.482. The van der Waals surface area contributed by atoms with Crippen molar-refractivity contribution < 1.29 is 45.5 Å². The first kappa shape index (κ1) is 19.0. The van der Waals surface area contributed by atoms with Crippen molar-refractivity contribution in [2.24, 2.45) is 0 Å². The number of nitrogens with zero attached hydrogens (tertiary/aromatic N) is 2. The minimum absolute atomic E-state index is 0.0521. The summed E-state index contributed by atoms with van der Waals surface area (Å²) in [4.78, 5) is 13.1. The van der Waals surface area contributed by atoms with E-state index in [0.717, 1.165) is 4.90 Å². The standard InChI is InChI=1S/C15H9F5N2O5S/c16-9-7(13-24-1-2-25-13)3-8-11(10(9)17)27-21-12(8)22-4-6(28-14(22)23)5-26-15(18,19)20/h3,5,13H,1-2,4H2/b6-5+. The molecular weight excluding hydrogens is 415 g/mol. The molecular formula is C15H9F5N2O5S. The summed E-state index contributed by atoms with van der Waals surface area (Å²) in [6.07, 6.45) is -5.64. The topological polar surface area (TPSA) is 74.0 Å². The average Bonchev–Trinajstić information content (AvgIpc) is 3.35. The van der Waals surface area contributed by atoms with Crippen molar-refractivity contribution in [3.05, 3.63) is 34.4 Å². The number of amides is 1. The molecule has 1 aromatic carbocycles. The molecule has 0 atom stereocenters. The molecule has 0 saturated carbocycles. The number of thioether (sulfide) groups is 1. The van der Waals surface area contributed by atoms with Gasteiger partial charge in [0.25, 0.3) is 5.24 Å². The zero-order chi connectivity index (χ0) is 20.1. The van der Waals surface area contributed by atoms with Gasteiger partial charge in [0.1, 0.15) is 6.26 Å². The Morgan fingerprint density at radius 1 is 1.25 bits per heavy atom. The van der Waals surface area contributed by atoms with Crippen LogP contribution in [0.3, 0.4) is 0 Å². The minimum atomic E-state index is -4.90. The highest BCUT2D eigenvalue weighted by molar-refractivity contribution is 8.17. The molecule has 150 valence electrons. The van der Waals surface area contributed by atoms with E-state index in [1.807, 2.05) is 0 Å². The van der Waals surface area contributed by atoms with E-state index >= 15 is 0 Å². The van der Waals surface area contributed by atoms with Crippen molar-refractivity contribution in [1.82, 2.24) is 5.16 Å². The van der Waals surface area contributed by atoms with Crippen molar-refractivity contribution in [3.63, 3.8) is 0 Å². The fourth-order valence-electron chi connectivity index (χ4n) is 2.70. The summed E-state index contributed by atoms with van der Waals surface area (Å²) in [6, 6.07) is 1.17. The number of aromatic nitrogens is 1. The van der Waals surface area contributed by atoms with E-state index in [1.165, 1.54) is 6.07 Å². The number of carbonyl (C=O) groups is 1. The lowest BCUT2D eigenvalue weighted by Gasteiger charge is -2.13. The van der Waals surface area contributed by atoms with Crippen LogP contribution in [-0.2, 0) is 14.2 Å². The third-order valence-corrected chi connectivity index (χ3v) is 4.74. The SMILES string of the molecule is O=C1S/C(=C/OC(F)(F)F)CN1c1noc2c(F)c(F)c(C3OCCO3)cc12. The predicted molar refractivity (Wildman–Crippen MR) is 84.1 cm³/mol. The monoisotopic (exact) mass is 424 g/mol. The van der Waals surface area contributed by atoms with E-state index < -0.39 is 35.1 Å². The largest absolute Gasteiger partial charge is 0.572 e. The first-order chi connectivity index (χ1) is 13.2. The van der Waals surface area contributed by atoms with Gasteiger partial charge in [-0.15, -0.1) is 13.2 Å². The zero-order valence-corrected chi connectivity index (χ0v) is 14.4. The van der Waals surface area contributed by atoms with Gasteiger partial charge in [-0.2, -0.15) is 4.39 Å². The van der Waals surface area contributed by atoms with Crippen LogP contribution in [0.15, 0.2) is 21.8 Å². The van der Waals surface area contributed by atoms with Crippen LogP contribution in [0, 0.1) is 11.6 Å². The van der Waals surface area contributed by atoms with Crippen molar-refractivity contribution >= 4 is 33.8 Å². The summed E-state index contributed by atoms with van der Waals surface area (Å²) in [5, 5.41) is 2.84. The van der Waals surface area contributed by atoms with Gasteiger partial charge in [-0.25, -0.2) is 4.39 Å². The Hall–Kier alpha value is -2.38. The number of halogens is 5. The highest BCUT2D eigenvalue weighted by Gasteiger charge is 2.36. The molecule has 2 fully saturated rings. The third kappa shape index (κ3) is 3.40. The van der Waals surface area contributed by atoms with Gasteiger partial charge in [0.15, 0.2) is 17.9 Å². The molecule has 3 heterocycles. The van der Waals surface area contributed by atoms with E-state index in [4.69, 9.17) is 14.0 Å². The molecule has 13 heteroatoms. The molecule has 1 amide bonds. The van der Waals surface area contributed by atoms with Gasteiger partial charge >= 0.3 is 6.36 Å². The van der Waals surface area contributed by atoms with Gasteiger partial charge in [0, 0.05) is 10.5 Å². The number of fused-ring (bicyclic) bond motifs is 1. The molecule has 2 aromatic rings. The van der Waals surface area contributed by atoms with E-state index in [2.05, 4.69) is 9.89 Å². The van der Waals surface area contributed by atoms with Crippen LogP contribution in [0.4, 0.5) is 32.6 Å². The number of anilines is 1. The number of carbonyl (C=O) groups excluding carboxylic acids is 1. The molecule has 0 bridgehead atoms. The van der Waals surface area contributed by atoms with Gasteiger partial charge in [0.05, 0.1) is 25.1 Å². The number of alkyl halides is 3. The Kier molecular flexibility index (Phi) is 4.67. The van der Waals surface area contributed by atoms with Crippen LogP contribution in [0.25, 0.3) is 11.0 Å². The van der Waals surface area contributed by atoms with Gasteiger partial charge in [-0.3, -0.25) is 9.69 Å². The predicted octanol–water partition coefficient (Wildman–Crippen LogP) is 4.20. The maximum absolute atomic E-state index is 14.4. The van der Waals surface area contributed by atoms with Crippen LogP contribution in [0.2, 0.25) is 0 Å². The fourth-order valence-corrected chi connectivity index (χ4v) is 3.48. The Labute approximate surface area is 157 Å². The Bertz CT molecular complexity index is 970. The molecule has 0 spiro atoms. The summed E-state index contributed by atoms with van der Waals surface area (Å²) in [5.74, 6) is -2.77. The molecule has 1 aromatic heterocycles. The zero-order valence-electron chi connectivity index (χ0n) is 13.6. The number of hydrogen-bond acceptors (Lipinski definition) is 7. The average molecular weight is 424 g/mol. The summed E-state index contributed by atoms with van der Waals surface area (Å²) in [7, 11) is 0. The fraction of sp³-hybridized carbons (Fsp3) is 0.333. The number of benzene rings is 1. The lowest BCUT2D eigenvalue weighted by molar-refractivity contribution is -0.298. The highest BCUT2D eigenvalue weighted by atomic mass is 32.2. The van der Waals surface area contributed by atoms with Crippen LogP contribution < -0.4 is 4.90 Å². The lowest BCUT2D eigenvalue weighted by atomic mass is 10.1. The Balaban J connectivity index is 1.70. The lowest BCUT2D eigenvalue weighted by Crippen LogP contribution is -2.22. The van der Waals surface area contributed by atoms with Crippen molar-refractivity contribution in [3.8, 4) is 0 Å². The molecule has 28 heavy (non-hydrogen) atoms. The summed E-state index contributed by atoms with van der Waals surface area (Å²) in [6.45, 7) is 0.0652. The van der Waals surface area contributed by atoms with Crippen LogP contribution >= 0.6 is 11.8 Å².